The van der Waals surface area contributed by atoms with Gasteiger partial charge < -0.3 is 15.0 Å². The van der Waals surface area contributed by atoms with Crippen LogP contribution in [0.1, 0.15) is 12.5 Å². The number of hydrogen-bond donors (Lipinski definition) is 1. The maximum absolute atomic E-state index is 12.2. The molecule has 1 unspecified atom stereocenters. The van der Waals surface area contributed by atoms with Crippen LogP contribution in [-0.2, 0) is 13.5 Å². The van der Waals surface area contributed by atoms with E-state index in [0.717, 1.165) is 16.5 Å². The maximum Gasteiger partial charge on any atom is 0.254 e. The Bertz CT molecular complexity index is 629. The molecule has 0 spiro atoms. The summed E-state index contributed by atoms with van der Waals surface area (Å²) in [5.74, 6) is 0.708. The van der Waals surface area contributed by atoms with Gasteiger partial charge in [0.15, 0.2) is 0 Å². The van der Waals surface area contributed by atoms with E-state index in [1.807, 2.05) is 31.2 Å². The molecule has 0 radical (unpaired) electrons. The third-order valence-electron chi connectivity index (χ3n) is 3.04. The molecule has 1 aromatic carbocycles. The van der Waals surface area contributed by atoms with Gasteiger partial charge in [-0.25, -0.2) is 0 Å². The van der Waals surface area contributed by atoms with E-state index in [1.54, 1.807) is 18.7 Å². The third kappa shape index (κ3) is 2.11. The molecule has 0 saturated carbocycles. The van der Waals surface area contributed by atoms with Gasteiger partial charge in [-0.15, -0.1) is 0 Å². The minimum atomic E-state index is -0.0271. The number of benzene rings is 1. The summed E-state index contributed by atoms with van der Waals surface area (Å²) < 4.78 is 6.93. The molecule has 4 nitrogen and oxygen atoms in total. The molecule has 1 atom stereocenters. The minimum absolute atomic E-state index is 0.00991. The van der Waals surface area contributed by atoms with Crippen LogP contribution < -0.4 is 16.0 Å². The smallest absolute Gasteiger partial charge is 0.254 e. The van der Waals surface area contributed by atoms with Gasteiger partial charge in [0.25, 0.3) is 5.56 Å². The lowest BCUT2D eigenvalue weighted by molar-refractivity contribution is 0.417. The molecular weight excluding hydrogens is 228 g/mol. The van der Waals surface area contributed by atoms with Gasteiger partial charge in [0, 0.05) is 24.0 Å². The summed E-state index contributed by atoms with van der Waals surface area (Å²) in [6.45, 7) is 1.90. The lowest BCUT2D eigenvalue weighted by Crippen LogP contribution is -2.27. The number of ether oxygens (including phenoxy) is 1. The van der Waals surface area contributed by atoms with Gasteiger partial charge in [-0.1, -0.05) is 12.1 Å². The summed E-state index contributed by atoms with van der Waals surface area (Å²) in [5.41, 5.74) is 7.32. The van der Waals surface area contributed by atoms with Crippen molar-refractivity contribution in [3.63, 3.8) is 0 Å². The van der Waals surface area contributed by atoms with E-state index in [-0.39, 0.29) is 11.6 Å². The van der Waals surface area contributed by atoms with E-state index >= 15 is 0 Å². The van der Waals surface area contributed by atoms with Crippen molar-refractivity contribution in [2.24, 2.45) is 12.8 Å². The van der Waals surface area contributed by atoms with E-state index in [1.165, 1.54) is 0 Å². The first-order chi connectivity index (χ1) is 8.54. The van der Waals surface area contributed by atoms with Gasteiger partial charge in [-0.3, -0.25) is 4.79 Å². The average molecular weight is 246 g/mol. The van der Waals surface area contributed by atoms with Crippen molar-refractivity contribution in [2.45, 2.75) is 19.4 Å². The van der Waals surface area contributed by atoms with Crippen molar-refractivity contribution in [3.05, 3.63) is 40.2 Å². The number of aryl methyl sites for hydroxylation is 1. The summed E-state index contributed by atoms with van der Waals surface area (Å²) in [4.78, 5) is 12.2. The molecular formula is C14H18N2O2. The predicted octanol–water partition coefficient (Wildman–Crippen LogP) is 1.44. The molecule has 0 aliphatic heterocycles. The lowest BCUT2D eigenvalue weighted by Gasteiger charge is -2.12. The molecule has 2 rings (SSSR count). The number of rotatable bonds is 3. The molecule has 1 heterocycles. The van der Waals surface area contributed by atoms with Crippen molar-refractivity contribution < 1.29 is 4.74 Å². The highest BCUT2D eigenvalue weighted by Crippen LogP contribution is 2.24. The number of aromatic nitrogens is 1. The SMILES string of the molecule is COc1cccc2cc(CC(C)N)c(=O)n(C)c12. The Kier molecular flexibility index (Phi) is 3.39. The van der Waals surface area contributed by atoms with Gasteiger partial charge in [-0.2, -0.15) is 0 Å². The molecule has 0 bridgehead atoms. The van der Waals surface area contributed by atoms with Crippen LogP contribution in [0.3, 0.4) is 0 Å². The van der Waals surface area contributed by atoms with Crippen LogP contribution in [0, 0.1) is 0 Å². The summed E-state index contributed by atoms with van der Waals surface area (Å²) in [6, 6.07) is 7.63. The van der Waals surface area contributed by atoms with Crippen LogP contribution in [0.4, 0.5) is 0 Å². The van der Waals surface area contributed by atoms with Crippen LogP contribution in [-0.4, -0.2) is 17.7 Å². The zero-order valence-electron chi connectivity index (χ0n) is 10.9. The average Bonchev–Trinajstić information content (AvgIpc) is 2.34. The zero-order chi connectivity index (χ0) is 13.3. The van der Waals surface area contributed by atoms with E-state index in [0.29, 0.717) is 12.2 Å². The fourth-order valence-electron chi connectivity index (χ4n) is 2.24. The number of nitrogens with zero attached hydrogens (tertiary/aromatic N) is 1. The highest BCUT2D eigenvalue weighted by molar-refractivity contribution is 5.85. The van der Waals surface area contributed by atoms with Crippen molar-refractivity contribution in [1.82, 2.24) is 4.57 Å². The van der Waals surface area contributed by atoms with Crippen LogP contribution in [0.2, 0.25) is 0 Å². The van der Waals surface area contributed by atoms with Gasteiger partial charge in [-0.05, 0) is 25.5 Å². The molecule has 0 aliphatic carbocycles. The van der Waals surface area contributed by atoms with Crippen molar-refractivity contribution >= 4 is 10.9 Å². The first-order valence-electron chi connectivity index (χ1n) is 5.95. The molecule has 2 aromatic rings. The minimum Gasteiger partial charge on any atom is -0.495 e. The highest BCUT2D eigenvalue weighted by atomic mass is 16.5. The van der Waals surface area contributed by atoms with Crippen LogP contribution in [0.25, 0.3) is 10.9 Å². The summed E-state index contributed by atoms with van der Waals surface area (Å²) >= 11 is 0. The van der Waals surface area contributed by atoms with Gasteiger partial charge in [0.1, 0.15) is 5.75 Å². The Morgan fingerprint density at radius 3 is 2.78 bits per heavy atom. The molecule has 2 N–H and O–H groups in total. The van der Waals surface area contributed by atoms with E-state index in [9.17, 15) is 4.79 Å². The third-order valence-corrected chi connectivity index (χ3v) is 3.04. The molecule has 0 amide bonds. The largest absolute Gasteiger partial charge is 0.495 e. The molecule has 0 aliphatic rings. The number of para-hydroxylation sites is 1. The van der Waals surface area contributed by atoms with Gasteiger partial charge in [0.05, 0.1) is 12.6 Å². The Hall–Kier alpha value is -1.81. The number of hydrogen-bond acceptors (Lipinski definition) is 3. The van der Waals surface area contributed by atoms with Crippen LogP contribution in [0.15, 0.2) is 29.1 Å². The van der Waals surface area contributed by atoms with Crippen LogP contribution in [0.5, 0.6) is 5.75 Å². The van der Waals surface area contributed by atoms with Crippen LogP contribution >= 0.6 is 0 Å². The van der Waals surface area contributed by atoms with Gasteiger partial charge in [0.2, 0.25) is 0 Å². The Balaban J connectivity index is 2.75. The fraction of sp³-hybridized carbons (Fsp3) is 0.357. The fourth-order valence-corrected chi connectivity index (χ4v) is 2.24. The Labute approximate surface area is 106 Å². The second kappa shape index (κ2) is 4.82. The quantitative estimate of drug-likeness (QED) is 0.891. The molecule has 4 heteroatoms. The molecule has 0 fully saturated rings. The number of methoxy groups -OCH3 is 1. The molecule has 96 valence electrons. The Morgan fingerprint density at radius 2 is 2.17 bits per heavy atom. The predicted molar refractivity (Wildman–Crippen MR) is 73.1 cm³/mol. The standard InChI is InChI=1S/C14H18N2O2/c1-9(15)7-11-8-10-5-4-6-12(18-3)13(10)16(2)14(11)17/h4-6,8-9H,7,15H2,1-3H3. The molecule has 0 saturated heterocycles. The van der Waals surface area contributed by atoms with E-state index < -0.39 is 0 Å². The maximum atomic E-state index is 12.2. The first-order valence-corrected chi connectivity index (χ1v) is 5.95. The van der Waals surface area contributed by atoms with Crippen molar-refractivity contribution in [3.8, 4) is 5.75 Å². The number of fused-ring (bicyclic) bond motifs is 1. The number of nitrogens with two attached hydrogens (primary N) is 1. The van der Waals surface area contributed by atoms with Crippen molar-refractivity contribution in [1.29, 1.82) is 0 Å². The monoisotopic (exact) mass is 246 g/mol. The van der Waals surface area contributed by atoms with Gasteiger partial charge >= 0.3 is 0 Å². The number of pyridine rings is 1. The lowest BCUT2D eigenvalue weighted by atomic mass is 10.1. The highest BCUT2D eigenvalue weighted by Gasteiger charge is 2.11. The zero-order valence-corrected chi connectivity index (χ0v) is 10.9. The topological polar surface area (TPSA) is 57.2 Å². The van der Waals surface area contributed by atoms with Crippen molar-refractivity contribution in [2.75, 3.05) is 7.11 Å². The summed E-state index contributed by atoms with van der Waals surface area (Å²) in [5, 5.41) is 0.993. The molecule has 1 aromatic heterocycles. The summed E-state index contributed by atoms with van der Waals surface area (Å²) in [6.07, 6.45) is 0.583. The first kappa shape index (κ1) is 12.6. The second-order valence-corrected chi connectivity index (χ2v) is 4.61. The van der Waals surface area contributed by atoms with E-state index in [2.05, 4.69) is 0 Å². The normalized spacial score (nSPS) is 12.7. The molecule has 18 heavy (non-hydrogen) atoms. The van der Waals surface area contributed by atoms with E-state index in [4.69, 9.17) is 10.5 Å². The second-order valence-electron chi connectivity index (χ2n) is 4.61. The Morgan fingerprint density at radius 1 is 1.44 bits per heavy atom. The summed E-state index contributed by atoms with van der Waals surface area (Å²) in [7, 11) is 3.37.